The second kappa shape index (κ2) is 9.37. The van der Waals surface area contributed by atoms with Crippen LogP contribution in [0.4, 0.5) is 0 Å². The van der Waals surface area contributed by atoms with Crippen LogP contribution in [-0.2, 0) is 11.2 Å². The summed E-state index contributed by atoms with van der Waals surface area (Å²) in [7, 11) is 3.08. The van der Waals surface area contributed by atoms with Crippen LogP contribution in [-0.4, -0.2) is 62.0 Å². The molecule has 154 valence electrons. The summed E-state index contributed by atoms with van der Waals surface area (Å²) < 4.78 is 10.5. The Kier molecular flexibility index (Phi) is 6.87. The quantitative estimate of drug-likeness (QED) is 0.718. The van der Waals surface area contributed by atoms with Gasteiger partial charge < -0.3 is 19.3 Å². The molecular weight excluding hydrogens is 415 g/mol. The highest BCUT2D eigenvalue weighted by Crippen LogP contribution is 2.26. The fourth-order valence-electron chi connectivity index (χ4n) is 3.24. The van der Waals surface area contributed by atoms with Gasteiger partial charge in [0.05, 0.1) is 36.2 Å². The normalized spacial score (nSPS) is 13.9. The summed E-state index contributed by atoms with van der Waals surface area (Å²) in [6.07, 6.45) is 0.247. The zero-order valence-electron chi connectivity index (χ0n) is 16.3. The van der Waals surface area contributed by atoms with E-state index in [1.54, 1.807) is 53.3 Å². The number of piperazine rings is 1. The highest BCUT2D eigenvalue weighted by atomic mass is 35.5. The van der Waals surface area contributed by atoms with Gasteiger partial charge in [0.15, 0.2) is 0 Å². The first-order valence-corrected chi connectivity index (χ1v) is 9.91. The lowest BCUT2D eigenvalue weighted by Gasteiger charge is -2.35. The molecule has 0 spiro atoms. The minimum atomic E-state index is -0.124. The molecule has 29 heavy (non-hydrogen) atoms. The van der Waals surface area contributed by atoms with Crippen LogP contribution in [0.2, 0.25) is 10.0 Å². The molecule has 3 rings (SSSR count). The maximum Gasteiger partial charge on any atom is 0.257 e. The maximum atomic E-state index is 12.9. The minimum Gasteiger partial charge on any atom is -0.497 e. The number of rotatable bonds is 5. The number of hydrogen-bond donors (Lipinski definition) is 0. The van der Waals surface area contributed by atoms with Crippen molar-refractivity contribution in [3.63, 3.8) is 0 Å². The number of halogens is 2. The molecule has 6 nitrogen and oxygen atoms in total. The topological polar surface area (TPSA) is 59.1 Å². The van der Waals surface area contributed by atoms with Crippen molar-refractivity contribution >= 4 is 35.0 Å². The van der Waals surface area contributed by atoms with E-state index in [1.807, 2.05) is 0 Å². The molecule has 2 amide bonds. The van der Waals surface area contributed by atoms with Crippen molar-refractivity contribution in [3.05, 3.63) is 57.6 Å². The predicted molar refractivity (Wildman–Crippen MR) is 112 cm³/mol. The van der Waals surface area contributed by atoms with E-state index >= 15 is 0 Å². The van der Waals surface area contributed by atoms with Gasteiger partial charge in [-0.3, -0.25) is 9.59 Å². The molecule has 1 heterocycles. The van der Waals surface area contributed by atoms with E-state index in [0.29, 0.717) is 53.3 Å². The third-order valence-corrected chi connectivity index (χ3v) is 5.64. The number of carbonyl (C=O) groups excluding carboxylic acids is 2. The lowest BCUT2D eigenvalue weighted by atomic mass is 10.1. The average molecular weight is 437 g/mol. The maximum absolute atomic E-state index is 12.9. The number of ether oxygens (including phenoxy) is 2. The molecule has 0 saturated carbocycles. The largest absolute Gasteiger partial charge is 0.497 e. The summed E-state index contributed by atoms with van der Waals surface area (Å²) in [5.41, 5.74) is 1.29. The summed E-state index contributed by atoms with van der Waals surface area (Å²) in [5.74, 6) is 0.960. The lowest BCUT2D eigenvalue weighted by molar-refractivity contribution is -0.131. The molecule has 0 unspecified atom stereocenters. The molecule has 1 aliphatic heterocycles. The molecule has 0 aromatic heterocycles. The van der Waals surface area contributed by atoms with Gasteiger partial charge in [0.2, 0.25) is 5.91 Å². The number of methoxy groups -OCH3 is 2. The van der Waals surface area contributed by atoms with Crippen LogP contribution >= 0.6 is 23.2 Å². The SMILES string of the molecule is COc1ccc(C(=O)N2CCN(C(=O)Cc3ccc(Cl)c(Cl)c3)CC2)c(OC)c1. The van der Waals surface area contributed by atoms with E-state index in [-0.39, 0.29) is 18.2 Å². The average Bonchev–Trinajstić information content (AvgIpc) is 2.75. The molecule has 0 bridgehead atoms. The molecule has 8 heteroatoms. The van der Waals surface area contributed by atoms with Crippen LogP contribution < -0.4 is 9.47 Å². The lowest BCUT2D eigenvalue weighted by Crippen LogP contribution is -2.51. The van der Waals surface area contributed by atoms with Crippen molar-refractivity contribution in [3.8, 4) is 11.5 Å². The van der Waals surface area contributed by atoms with E-state index in [9.17, 15) is 9.59 Å². The van der Waals surface area contributed by atoms with Crippen LogP contribution in [0.1, 0.15) is 15.9 Å². The Morgan fingerprint density at radius 3 is 2.21 bits per heavy atom. The first kappa shape index (κ1) is 21.3. The van der Waals surface area contributed by atoms with Crippen molar-refractivity contribution in [1.82, 2.24) is 9.80 Å². The summed E-state index contributed by atoms with van der Waals surface area (Å²) >= 11 is 11.9. The van der Waals surface area contributed by atoms with Crippen LogP contribution in [0.5, 0.6) is 11.5 Å². The first-order valence-electron chi connectivity index (χ1n) is 9.16. The van der Waals surface area contributed by atoms with Gasteiger partial charge in [0.1, 0.15) is 11.5 Å². The Bertz CT molecular complexity index is 912. The predicted octanol–water partition coefficient (Wildman–Crippen LogP) is 3.54. The van der Waals surface area contributed by atoms with E-state index in [4.69, 9.17) is 32.7 Å². The fraction of sp³-hybridized carbons (Fsp3) is 0.333. The third kappa shape index (κ3) is 4.95. The van der Waals surface area contributed by atoms with Crippen molar-refractivity contribution in [2.75, 3.05) is 40.4 Å². The molecular formula is C21H22Cl2N2O4. The fourth-order valence-corrected chi connectivity index (χ4v) is 3.56. The van der Waals surface area contributed by atoms with E-state index < -0.39 is 0 Å². The Morgan fingerprint density at radius 1 is 0.897 bits per heavy atom. The second-order valence-electron chi connectivity index (χ2n) is 6.66. The summed E-state index contributed by atoms with van der Waals surface area (Å²) in [4.78, 5) is 29.0. The highest BCUT2D eigenvalue weighted by Gasteiger charge is 2.26. The van der Waals surface area contributed by atoms with Crippen molar-refractivity contribution in [2.45, 2.75) is 6.42 Å². The zero-order chi connectivity index (χ0) is 21.0. The zero-order valence-corrected chi connectivity index (χ0v) is 17.8. The summed E-state index contributed by atoms with van der Waals surface area (Å²) in [6, 6.07) is 10.3. The van der Waals surface area contributed by atoms with Gasteiger partial charge in [0.25, 0.3) is 5.91 Å². The van der Waals surface area contributed by atoms with E-state index in [2.05, 4.69) is 0 Å². The van der Waals surface area contributed by atoms with Crippen LogP contribution in [0.25, 0.3) is 0 Å². The summed E-state index contributed by atoms with van der Waals surface area (Å²) in [5, 5.41) is 0.893. The molecule has 0 N–H and O–H groups in total. The third-order valence-electron chi connectivity index (χ3n) is 4.90. The molecule has 2 aromatic rings. The van der Waals surface area contributed by atoms with Crippen LogP contribution in [0, 0.1) is 0 Å². The summed E-state index contributed by atoms with van der Waals surface area (Å²) in [6.45, 7) is 1.87. The number of amides is 2. The van der Waals surface area contributed by atoms with E-state index in [1.165, 1.54) is 7.11 Å². The Hall–Kier alpha value is -2.44. The molecule has 1 saturated heterocycles. The number of hydrogen-bond acceptors (Lipinski definition) is 4. The smallest absolute Gasteiger partial charge is 0.257 e. The number of carbonyl (C=O) groups is 2. The Morgan fingerprint density at radius 2 is 1.59 bits per heavy atom. The van der Waals surface area contributed by atoms with Crippen molar-refractivity contribution < 1.29 is 19.1 Å². The Labute approximate surface area is 179 Å². The first-order chi connectivity index (χ1) is 13.9. The highest BCUT2D eigenvalue weighted by molar-refractivity contribution is 6.42. The number of benzene rings is 2. The van der Waals surface area contributed by atoms with Gasteiger partial charge in [0, 0.05) is 32.2 Å². The molecule has 0 aliphatic carbocycles. The van der Waals surface area contributed by atoms with Gasteiger partial charge in [-0.25, -0.2) is 0 Å². The van der Waals surface area contributed by atoms with Gasteiger partial charge >= 0.3 is 0 Å². The number of nitrogens with zero attached hydrogens (tertiary/aromatic N) is 2. The van der Waals surface area contributed by atoms with Gasteiger partial charge in [-0.1, -0.05) is 29.3 Å². The molecule has 2 aromatic carbocycles. The monoisotopic (exact) mass is 436 g/mol. The van der Waals surface area contributed by atoms with Crippen LogP contribution in [0.3, 0.4) is 0 Å². The van der Waals surface area contributed by atoms with Crippen LogP contribution in [0.15, 0.2) is 36.4 Å². The van der Waals surface area contributed by atoms with Crippen molar-refractivity contribution in [2.24, 2.45) is 0 Å². The molecule has 0 radical (unpaired) electrons. The molecule has 1 fully saturated rings. The van der Waals surface area contributed by atoms with Gasteiger partial charge in [-0.05, 0) is 29.8 Å². The van der Waals surface area contributed by atoms with Crippen molar-refractivity contribution in [1.29, 1.82) is 0 Å². The molecule has 1 aliphatic rings. The standard InChI is InChI=1S/C21H22Cl2N2O4/c1-28-15-4-5-16(19(13-15)29-2)21(27)25-9-7-24(8-10-25)20(26)12-14-3-6-17(22)18(23)11-14/h3-6,11,13H,7-10,12H2,1-2H3. The minimum absolute atomic E-state index is 0.00230. The van der Waals surface area contributed by atoms with E-state index in [0.717, 1.165) is 5.56 Å². The van der Waals surface area contributed by atoms with Gasteiger partial charge in [-0.15, -0.1) is 0 Å². The second-order valence-corrected chi connectivity index (χ2v) is 7.48. The van der Waals surface area contributed by atoms with Gasteiger partial charge in [-0.2, -0.15) is 0 Å². The Balaban J connectivity index is 1.60. The molecule has 0 atom stereocenters.